The molecule has 7 nitrogen and oxygen atoms in total. The summed E-state index contributed by atoms with van der Waals surface area (Å²) in [6.45, 7) is 3.74. The molecular formula is C25H25N3O4S. The first-order valence-electron chi connectivity index (χ1n) is 10.4. The summed E-state index contributed by atoms with van der Waals surface area (Å²) in [5.41, 5.74) is 3.89. The minimum Gasteiger partial charge on any atom is -0.497 e. The predicted octanol–water partition coefficient (Wildman–Crippen LogP) is 4.94. The number of methoxy groups -OCH3 is 2. The van der Waals surface area contributed by atoms with Crippen molar-refractivity contribution in [2.45, 2.75) is 31.2 Å². The Hall–Kier alpha value is -3.52. The van der Waals surface area contributed by atoms with Crippen LogP contribution >= 0.6 is 11.8 Å². The Kier molecular flexibility index (Phi) is 6.84. The second kappa shape index (κ2) is 9.95. The maximum atomic E-state index is 12.7. The van der Waals surface area contributed by atoms with Crippen LogP contribution in [0.25, 0.3) is 11.5 Å². The van der Waals surface area contributed by atoms with Crippen LogP contribution in [-0.4, -0.2) is 29.2 Å². The lowest BCUT2D eigenvalue weighted by atomic mass is 10.1. The van der Waals surface area contributed by atoms with Gasteiger partial charge in [0, 0.05) is 29.5 Å². The molecule has 0 saturated carbocycles. The Balaban J connectivity index is 1.51. The molecule has 0 aliphatic carbocycles. The molecule has 0 unspecified atom stereocenters. The second-order valence-corrected chi connectivity index (χ2v) is 8.44. The number of thioether (sulfide) groups is 1. The molecule has 4 aromatic rings. The lowest BCUT2D eigenvalue weighted by molar-refractivity contribution is 0.394. The molecule has 0 atom stereocenters. The van der Waals surface area contributed by atoms with Crippen LogP contribution in [0, 0.1) is 13.8 Å². The van der Waals surface area contributed by atoms with Gasteiger partial charge >= 0.3 is 0 Å². The van der Waals surface area contributed by atoms with Crippen molar-refractivity contribution >= 4 is 11.8 Å². The van der Waals surface area contributed by atoms with Crippen LogP contribution in [0.15, 0.2) is 62.9 Å². The van der Waals surface area contributed by atoms with Gasteiger partial charge in [-0.3, -0.25) is 4.79 Å². The number of rotatable bonds is 8. The Morgan fingerprint density at radius 3 is 2.52 bits per heavy atom. The highest BCUT2D eigenvalue weighted by atomic mass is 32.2. The molecule has 0 aliphatic heterocycles. The Morgan fingerprint density at radius 2 is 1.82 bits per heavy atom. The van der Waals surface area contributed by atoms with Crippen LogP contribution in [0.2, 0.25) is 0 Å². The third kappa shape index (κ3) is 5.12. The first-order valence-corrected chi connectivity index (χ1v) is 11.4. The summed E-state index contributed by atoms with van der Waals surface area (Å²) in [5.74, 6) is 2.99. The lowest BCUT2D eigenvalue weighted by Gasteiger charge is -2.07. The molecule has 0 bridgehead atoms. The fourth-order valence-corrected chi connectivity index (χ4v) is 4.36. The molecule has 2 aromatic carbocycles. The van der Waals surface area contributed by atoms with E-state index in [1.807, 2.05) is 56.3 Å². The van der Waals surface area contributed by atoms with E-state index in [1.54, 1.807) is 20.3 Å². The largest absolute Gasteiger partial charge is 0.497 e. The summed E-state index contributed by atoms with van der Waals surface area (Å²) >= 11 is 1.42. The summed E-state index contributed by atoms with van der Waals surface area (Å²) in [6.07, 6.45) is 0.551. The van der Waals surface area contributed by atoms with Crippen LogP contribution in [0.5, 0.6) is 11.5 Å². The third-order valence-corrected chi connectivity index (χ3v) is 6.19. The molecule has 1 N–H and O–H groups in total. The Bertz CT molecular complexity index is 1320. The van der Waals surface area contributed by atoms with Crippen molar-refractivity contribution < 1.29 is 13.9 Å². The van der Waals surface area contributed by atoms with E-state index in [-0.39, 0.29) is 5.56 Å². The molecule has 2 aromatic heterocycles. The molecule has 0 spiro atoms. The van der Waals surface area contributed by atoms with E-state index in [9.17, 15) is 4.79 Å². The van der Waals surface area contributed by atoms with Crippen molar-refractivity contribution in [2.75, 3.05) is 14.2 Å². The standard InChI is InChI=1S/C25H25N3O4S/c1-15-20(12-17-8-6-5-7-9-17)23(29)28-25(26-15)33-14-21-16(2)32-24(27-21)19-11-10-18(30-3)13-22(19)31-4/h5-11,13H,12,14H2,1-4H3,(H,26,28,29). The summed E-state index contributed by atoms with van der Waals surface area (Å²) in [5, 5.41) is 0.556. The average Bonchev–Trinajstić information content (AvgIpc) is 3.20. The van der Waals surface area contributed by atoms with Crippen LogP contribution in [-0.2, 0) is 12.2 Å². The van der Waals surface area contributed by atoms with Gasteiger partial charge in [-0.15, -0.1) is 0 Å². The molecule has 4 rings (SSSR count). The first kappa shape index (κ1) is 22.7. The quantitative estimate of drug-likeness (QED) is 0.292. The summed E-state index contributed by atoms with van der Waals surface area (Å²) < 4.78 is 16.6. The van der Waals surface area contributed by atoms with Gasteiger partial charge in [0.25, 0.3) is 5.56 Å². The number of benzene rings is 2. The van der Waals surface area contributed by atoms with Gasteiger partial charge in [-0.1, -0.05) is 42.1 Å². The lowest BCUT2D eigenvalue weighted by Crippen LogP contribution is -2.17. The molecule has 8 heteroatoms. The van der Waals surface area contributed by atoms with Crippen molar-refractivity contribution in [2.24, 2.45) is 0 Å². The minimum atomic E-state index is -0.116. The maximum absolute atomic E-state index is 12.7. The summed E-state index contributed by atoms with van der Waals surface area (Å²) in [7, 11) is 3.20. The number of nitrogens with zero attached hydrogens (tertiary/aromatic N) is 2. The number of aromatic nitrogens is 3. The van der Waals surface area contributed by atoms with E-state index < -0.39 is 0 Å². The molecule has 33 heavy (non-hydrogen) atoms. The fourth-order valence-electron chi connectivity index (χ4n) is 3.45. The van der Waals surface area contributed by atoms with Crippen molar-refractivity contribution in [3.05, 3.63) is 87.2 Å². The van der Waals surface area contributed by atoms with E-state index >= 15 is 0 Å². The molecule has 0 amide bonds. The fraction of sp³-hybridized carbons (Fsp3) is 0.240. The number of aryl methyl sites for hydroxylation is 2. The Labute approximate surface area is 196 Å². The van der Waals surface area contributed by atoms with E-state index in [1.165, 1.54) is 11.8 Å². The third-order valence-electron chi connectivity index (χ3n) is 5.30. The first-order chi connectivity index (χ1) is 16.0. The van der Waals surface area contributed by atoms with E-state index in [2.05, 4.69) is 15.0 Å². The topological polar surface area (TPSA) is 90.2 Å². The van der Waals surface area contributed by atoms with Gasteiger partial charge in [-0.2, -0.15) is 0 Å². The zero-order valence-corrected chi connectivity index (χ0v) is 19.8. The normalized spacial score (nSPS) is 10.9. The van der Waals surface area contributed by atoms with Crippen molar-refractivity contribution in [1.82, 2.24) is 15.0 Å². The SMILES string of the molecule is COc1ccc(-c2nc(CSc3nc(C)c(Cc4ccccc4)c(=O)[nH]3)c(C)o2)c(OC)c1. The Morgan fingerprint density at radius 1 is 1.03 bits per heavy atom. The van der Waals surface area contributed by atoms with Crippen molar-refractivity contribution in [3.63, 3.8) is 0 Å². The van der Waals surface area contributed by atoms with Crippen molar-refractivity contribution in [3.8, 4) is 23.0 Å². The van der Waals surface area contributed by atoms with Gasteiger partial charge in [0.1, 0.15) is 17.3 Å². The molecule has 0 aliphatic rings. The highest BCUT2D eigenvalue weighted by Crippen LogP contribution is 2.34. The van der Waals surface area contributed by atoms with Crippen molar-refractivity contribution in [1.29, 1.82) is 0 Å². The number of hydrogen-bond donors (Lipinski definition) is 1. The summed E-state index contributed by atoms with van der Waals surface area (Å²) in [4.78, 5) is 24.8. The van der Waals surface area contributed by atoms with Gasteiger partial charge in [0.05, 0.1) is 25.5 Å². The molecule has 0 radical (unpaired) electrons. The van der Waals surface area contributed by atoms with Crippen LogP contribution in [0.1, 0.15) is 28.3 Å². The average molecular weight is 464 g/mol. The smallest absolute Gasteiger partial charge is 0.255 e. The van der Waals surface area contributed by atoms with E-state index in [4.69, 9.17) is 13.9 Å². The maximum Gasteiger partial charge on any atom is 0.255 e. The zero-order chi connectivity index (χ0) is 23.4. The number of ether oxygens (including phenoxy) is 2. The number of hydrogen-bond acceptors (Lipinski definition) is 7. The van der Waals surface area contributed by atoms with Gasteiger partial charge < -0.3 is 18.9 Å². The minimum absolute atomic E-state index is 0.116. The molecule has 170 valence electrons. The number of aromatic amines is 1. The highest BCUT2D eigenvalue weighted by Gasteiger charge is 2.17. The van der Waals surface area contributed by atoms with Gasteiger partial charge in [0.2, 0.25) is 5.89 Å². The van der Waals surface area contributed by atoms with Gasteiger partial charge in [-0.25, -0.2) is 9.97 Å². The van der Waals surface area contributed by atoms with Gasteiger partial charge in [-0.05, 0) is 31.5 Å². The molecule has 2 heterocycles. The van der Waals surface area contributed by atoms with E-state index in [0.717, 1.165) is 22.5 Å². The summed E-state index contributed by atoms with van der Waals surface area (Å²) in [6, 6.07) is 15.4. The van der Waals surface area contributed by atoms with Crippen LogP contribution in [0.4, 0.5) is 0 Å². The van der Waals surface area contributed by atoms with Gasteiger partial charge in [0.15, 0.2) is 5.16 Å². The highest BCUT2D eigenvalue weighted by molar-refractivity contribution is 7.98. The monoisotopic (exact) mass is 463 g/mol. The number of nitrogens with one attached hydrogen (secondary N) is 1. The van der Waals surface area contributed by atoms with E-state index in [0.29, 0.717) is 46.0 Å². The van der Waals surface area contributed by atoms with Crippen LogP contribution < -0.4 is 15.0 Å². The van der Waals surface area contributed by atoms with Crippen LogP contribution in [0.3, 0.4) is 0 Å². The number of H-pyrrole nitrogens is 1. The zero-order valence-electron chi connectivity index (χ0n) is 19.0. The number of oxazole rings is 1. The molecule has 0 fully saturated rings. The predicted molar refractivity (Wildman–Crippen MR) is 128 cm³/mol. The second-order valence-electron chi connectivity index (χ2n) is 7.47. The molecule has 0 saturated heterocycles. The molecular weight excluding hydrogens is 438 g/mol.